The molecule has 1 aliphatic carbocycles. The van der Waals surface area contributed by atoms with Gasteiger partial charge in [0.25, 0.3) is 10.0 Å². The minimum absolute atomic E-state index is 0.143. The van der Waals surface area contributed by atoms with Gasteiger partial charge in [-0.25, -0.2) is 13.1 Å². The standard InChI is InChI=1S/C11H17NO4S/c1-11(2,8-3-4-8)12-17(14,15)10-6-5-9(7-13)16-10/h5-6,8,12-13H,3-4,7H2,1-2H3. The van der Waals surface area contributed by atoms with Crippen LogP contribution < -0.4 is 4.72 Å². The van der Waals surface area contributed by atoms with E-state index in [1.165, 1.54) is 12.1 Å². The van der Waals surface area contributed by atoms with E-state index >= 15 is 0 Å². The van der Waals surface area contributed by atoms with Crippen LogP contribution in [0.25, 0.3) is 0 Å². The normalized spacial score (nSPS) is 17.4. The lowest BCUT2D eigenvalue weighted by molar-refractivity contribution is 0.236. The molecule has 96 valence electrons. The van der Waals surface area contributed by atoms with Crippen LogP contribution in [0.1, 0.15) is 32.4 Å². The molecular formula is C11H17NO4S. The fourth-order valence-corrected chi connectivity index (χ4v) is 3.30. The second-order valence-electron chi connectivity index (χ2n) is 4.98. The molecule has 0 spiro atoms. The van der Waals surface area contributed by atoms with Crippen LogP contribution in [0, 0.1) is 5.92 Å². The number of hydrogen-bond acceptors (Lipinski definition) is 4. The molecule has 1 aliphatic rings. The summed E-state index contributed by atoms with van der Waals surface area (Å²) in [4.78, 5) is 0. The van der Waals surface area contributed by atoms with Gasteiger partial charge in [0.1, 0.15) is 12.4 Å². The van der Waals surface area contributed by atoms with Gasteiger partial charge in [0.15, 0.2) is 0 Å². The maximum atomic E-state index is 12.0. The van der Waals surface area contributed by atoms with Crippen molar-refractivity contribution in [2.45, 2.75) is 43.9 Å². The summed E-state index contributed by atoms with van der Waals surface area (Å²) in [6.07, 6.45) is 2.10. The molecule has 0 unspecified atom stereocenters. The zero-order valence-corrected chi connectivity index (χ0v) is 10.8. The molecule has 0 atom stereocenters. The Morgan fingerprint density at radius 3 is 2.59 bits per heavy atom. The first-order valence-corrected chi connectivity index (χ1v) is 7.07. The second-order valence-corrected chi connectivity index (χ2v) is 6.59. The number of hydrogen-bond donors (Lipinski definition) is 2. The van der Waals surface area contributed by atoms with Crippen molar-refractivity contribution in [1.82, 2.24) is 4.72 Å². The summed E-state index contributed by atoms with van der Waals surface area (Å²) in [6.45, 7) is 3.44. The summed E-state index contributed by atoms with van der Waals surface area (Å²) in [7, 11) is -3.64. The van der Waals surface area contributed by atoms with Crippen LogP contribution >= 0.6 is 0 Å². The van der Waals surface area contributed by atoms with Crippen LogP contribution in [0.2, 0.25) is 0 Å². The van der Waals surface area contributed by atoms with E-state index in [1.54, 1.807) is 0 Å². The van der Waals surface area contributed by atoms with Crippen molar-refractivity contribution in [2.75, 3.05) is 0 Å². The molecule has 0 aliphatic heterocycles. The van der Waals surface area contributed by atoms with E-state index in [2.05, 4.69) is 4.72 Å². The van der Waals surface area contributed by atoms with Gasteiger partial charge in [-0.2, -0.15) is 0 Å². The maximum Gasteiger partial charge on any atom is 0.274 e. The number of aliphatic hydroxyl groups excluding tert-OH is 1. The molecule has 0 saturated heterocycles. The Kier molecular flexibility index (Phi) is 3.05. The monoisotopic (exact) mass is 259 g/mol. The molecule has 2 rings (SSSR count). The molecule has 5 nitrogen and oxygen atoms in total. The maximum absolute atomic E-state index is 12.0. The Bertz CT molecular complexity index is 499. The molecule has 1 aromatic heterocycles. The van der Waals surface area contributed by atoms with Crippen LogP contribution in [0.3, 0.4) is 0 Å². The van der Waals surface area contributed by atoms with Crippen molar-refractivity contribution < 1.29 is 17.9 Å². The SMILES string of the molecule is CC(C)(NS(=O)(=O)c1ccc(CO)o1)C1CC1. The van der Waals surface area contributed by atoms with Crippen molar-refractivity contribution in [3.63, 3.8) is 0 Å². The quantitative estimate of drug-likeness (QED) is 0.833. The lowest BCUT2D eigenvalue weighted by atomic mass is 10.0. The van der Waals surface area contributed by atoms with Gasteiger partial charge in [0.05, 0.1) is 0 Å². The molecular weight excluding hydrogens is 242 g/mol. The Morgan fingerprint density at radius 1 is 1.47 bits per heavy atom. The lowest BCUT2D eigenvalue weighted by Gasteiger charge is -2.24. The molecule has 1 fully saturated rings. The summed E-state index contributed by atoms with van der Waals surface area (Å²) in [6, 6.07) is 2.82. The molecule has 0 radical (unpaired) electrons. The van der Waals surface area contributed by atoms with E-state index < -0.39 is 15.6 Å². The van der Waals surface area contributed by atoms with Crippen LogP contribution in [-0.4, -0.2) is 19.1 Å². The zero-order chi connectivity index (χ0) is 12.7. The second kappa shape index (κ2) is 4.12. The van der Waals surface area contributed by atoms with Crippen molar-refractivity contribution in [1.29, 1.82) is 0 Å². The summed E-state index contributed by atoms with van der Waals surface area (Å²) in [5, 5.41) is 8.70. The molecule has 2 N–H and O–H groups in total. The average Bonchev–Trinajstić information content (AvgIpc) is 2.95. The van der Waals surface area contributed by atoms with Gasteiger partial charge in [-0.05, 0) is 44.7 Å². The smallest absolute Gasteiger partial charge is 0.274 e. The largest absolute Gasteiger partial charge is 0.446 e. The van der Waals surface area contributed by atoms with E-state index in [0.717, 1.165) is 12.8 Å². The predicted octanol–water partition coefficient (Wildman–Crippen LogP) is 1.24. The Balaban J connectivity index is 2.18. The van der Waals surface area contributed by atoms with E-state index in [0.29, 0.717) is 5.92 Å². The first-order chi connectivity index (χ1) is 7.85. The van der Waals surface area contributed by atoms with Crippen molar-refractivity contribution in [2.24, 2.45) is 5.92 Å². The molecule has 1 aromatic rings. The first-order valence-electron chi connectivity index (χ1n) is 5.59. The summed E-state index contributed by atoms with van der Waals surface area (Å²) in [5.74, 6) is 0.638. The van der Waals surface area contributed by atoms with Gasteiger partial charge in [0, 0.05) is 5.54 Å². The number of aliphatic hydroxyl groups is 1. The number of furan rings is 1. The predicted molar refractivity (Wildman–Crippen MR) is 61.8 cm³/mol. The van der Waals surface area contributed by atoms with Gasteiger partial charge < -0.3 is 9.52 Å². The van der Waals surface area contributed by atoms with Crippen molar-refractivity contribution in [3.8, 4) is 0 Å². The van der Waals surface area contributed by atoms with Crippen LogP contribution in [-0.2, 0) is 16.6 Å². The molecule has 0 bridgehead atoms. The Morgan fingerprint density at radius 2 is 2.12 bits per heavy atom. The van der Waals surface area contributed by atoms with Crippen LogP contribution in [0.4, 0.5) is 0 Å². The molecule has 0 aromatic carbocycles. The molecule has 1 heterocycles. The zero-order valence-electron chi connectivity index (χ0n) is 9.93. The highest BCUT2D eigenvalue weighted by molar-refractivity contribution is 7.89. The summed E-state index contributed by atoms with van der Waals surface area (Å²) in [5.41, 5.74) is -0.453. The molecule has 6 heteroatoms. The third-order valence-electron chi connectivity index (χ3n) is 3.05. The number of rotatable bonds is 5. The third kappa shape index (κ3) is 2.70. The Labute approximate surface area is 101 Å². The fraction of sp³-hybridized carbons (Fsp3) is 0.636. The van der Waals surface area contributed by atoms with E-state index in [-0.39, 0.29) is 17.5 Å². The topological polar surface area (TPSA) is 79.5 Å². The molecule has 17 heavy (non-hydrogen) atoms. The highest BCUT2D eigenvalue weighted by Gasteiger charge is 2.41. The van der Waals surface area contributed by atoms with Gasteiger partial charge in [-0.15, -0.1) is 0 Å². The lowest BCUT2D eigenvalue weighted by Crippen LogP contribution is -2.44. The minimum atomic E-state index is -3.64. The van der Waals surface area contributed by atoms with E-state index in [9.17, 15) is 8.42 Å². The highest BCUT2D eigenvalue weighted by atomic mass is 32.2. The fourth-order valence-electron chi connectivity index (χ4n) is 1.87. The summed E-state index contributed by atoms with van der Waals surface area (Å²) < 4.78 is 31.7. The summed E-state index contributed by atoms with van der Waals surface area (Å²) >= 11 is 0. The Hall–Kier alpha value is -0.850. The van der Waals surface area contributed by atoms with E-state index in [1.807, 2.05) is 13.8 Å². The molecule has 1 saturated carbocycles. The van der Waals surface area contributed by atoms with Crippen molar-refractivity contribution >= 4 is 10.0 Å². The average molecular weight is 259 g/mol. The van der Waals surface area contributed by atoms with Gasteiger partial charge >= 0.3 is 0 Å². The third-order valence-corrected chi connectivity index (χ3v) is 4.60. The van der Waals surface area contributed by atoms with Gasteiger partial charge in [-0.1, -0.05) is 0 Å². The minimum Gasteiger partial charge on any atom is -0.446 e. The number of nitrogens with one attached hydrogen (secondary N) is 1. The van der Waals surface area contributed by atoms with Gasteiger partial charge in [-0.3, -0.25) is 0 Å². The van der Waals surface area contributed by atoms with E-state index in [4.69, 9.17) is 9.52 Å². The first kappa shape index (κ1) is 12.6. The highest BCUT2D eigenvalue weighted by Crippen LogP contribution is 2.39. The number of sulfonamides is 1. The molecule has 0 amide bonds. The van der Waals surface area contributed by atoms with Gasteiger partial charge in [0.2, 0.25) is 5.09 Å². The van der Waals surface area contributed by atoms with Crippen LogP contribution in [0.5, 0.6) is 0 Å². The van der Waals surface area contributed by atoms with Crippen molar-refractivity contribution in [3.05, 3.63) is 17.9 Å². The van der Waals surface area contributed by atoms with Crippen LogP contribution in [0.15, 0.2) is 21.6 Å².